The molecule has 0 amide bonds. The molecule has 40 heavy (non-hydrogen) atoms. The van der Waals surface area contributed by atoms with Gasteiger partial charge in [-0.25, -0.2) is 4.39 Å². The minimum absolute atomic E-state index is 0.0239. The van der Waals surface area contributed by atoms with Crippen LogP contribution in [0.4, 0.5) is 4.39 Å². The molecule has 1 aromatic carbocycles. The van der Waals surface area contributed by atoms with Gasteiger partial charge in [-0.3, -0.25) is 15.0 Å². The third kappa shape index (κ3) is 7.96. The maximum Gasteiger partial charge on any atom is 0.325 e. The molecule has 0 radical (unpaired) electrons. The highest BCUT2D eigenvalue weighted by molar-refractivity contribution is 5.77. The third-order valence-electron chi connectivity index (χ3n) is 9.38. The van der Waals surface area contributed by atoms with Crippen LogP contribution in [0.3, 0.4) is 0 Å². The summed E-state index contributed by atoms with van der Waals surface area (Å²) in [5.74, 6) is -0.563. The van der Waals surface area contributed by atoms with Gasteiger partial charge in [0.2, 0.25) is 0 Å². The quantitative estimate of drug-likeness (QED) is 0.246. The predicted molar refractivity (Wildman–Crippen MR) is 156 cm³/mol. The lowest BCUT2D eigenvalue weighted by Gasteiger charge is -2.41. The lowest BCUT2D eigenvalue weighted by Crippen LogP contribution is -2.57. The van der Waals surface area contributed by atoms with Crippen molar-refractivity contribution in [3.8, 4) is 5.75 Å². The number of ether oxygens (including phenoxy) is 2. The predicted octanol–water partition coefficient (Wildman–Crippen LogP) is 5.84. The van der Waals surface area contributed by atoms with Gasteiger partial charge in [0.1, 0.15) is 6.04 Å². The molecule has 3 fully saturated rings. The number of methoxy groups -OCH3 is 1. The van der Waals surface area contributed by atoms with Crippen LogP contribution >= 0.6 is 0 Å². The molecule has 0 aromatic heterocycles. The topological polar surface area (TPSA) is 83.1 Å². The van der Waals surface area contributed by atoms with Gasteiger partial charge in [-0.15, -0.1) is 0 Å². The van der Waals surface area contributed by atoms with Crippen molar-refractivity contribution in [1.82, 2.24) is 15.5 Å². The first-order valence-electron chi connectivity index (χ1n) is 15.6. The summed E-state index contributed by atoms with van der Waals surface area (Å²) in [6.07, 6.45) is 12.7. The minimum atomic E-state index is -0.984. The van der Waals surface area contributed by atoms with E-state index >= 15 is 0 Å². The zero-order valence-corrected chi connectivity index (χ0v) is 25.1. The van der Waals surface area contributed by atoms with Crippen molar-refractivity contribution in [2.45, 2.75) is 109 Å². The first-order chi connectivity index (χ1) is 19.2. The summed E-state index contributed by atoms with van der Waals surface area (Å²) in [6, 6.07) is 2.95. The Morgan fingerprint density at radius 3 is 2.75 bits per heavy atom. The highest BCUT2D eigenvalue weighted by atomic mass is 19.1. The molecular formula is C32H52FN3O4. The summed E-state index contributed by atoms with van der Waals surface area (Å²) in [7, 11) is 1.40. The molecule has 0 aliphatic carbocycles. The number of fused-ring (bicyclic) bond motifs is 1. The van der Waals surface area contributed by atoms with Crippen LogP contribution in [0.2, 0.25) is 0 Å². The van der Waals surface area contributed by atoms with Crippen molar-refractivity contribution in [3.05, 3.63) is 29.1 Å². The van der Waals surface area contributed by atoms with E-state index in [1.54, 1.807) is 6.07 Å². The van der Waals surface area contributed by atoms with E-state index in [0.717, 1.165) is 37.5 Å². The van der Waals surface area contributed by atoms with Crippen LogP contribution < -0.4 is 15.4 Å². The van der Waals surface area contributed by atoms with Gasteiger partial charge in [-0.05, 0) is 87.6 Å². The second-order valence-corrected chi connectivity index (χ2v) is 13.1. The first kappa shape index (κ1) is 31.2. The van der Waals surface area contributed by atoms with Crippen LogP contribution in [0.1, 0.15) is 108 Å². The minimum Gasteiger partial charge on any atom is -0.493 e. The molecule has 4 unspecified atom stereocenters. The maximum absolute atomic E-state index is 14.8. The fraction of sp³-hybridized carbons (Fsp3) is 0.781. The molecule has 5 atom stereocenters. The lowest BCUT2D eigenvalue weighted by molar-refractivity contribution is -0.143. The van der Waals surface area contributed by atoms with Crippen LogP contribution in [-0.4, -0.2) is 68.1 Å². The summed E-state index contributed by atoms with van der Waals surface area (Å²) in [4.78, 5) is 14.4. The summed E-state index contributed by atoms with van der Waals surface area (Å²) in [5.41, 5.74) is 1.03. The van der Waals surface area contributed by atoms with Gasteiger partial charge in [0.25, 0.3) is 0 Å². The monoisotopic (exact) mass is 561 g/mol. The molecule has 0 saturated carbocycles. The Kier molecular flexibility index (Phi) is 11.3. The molecule has 0 bridgehead atoms. The summed E-state index contributed by atoms with van der Waals surface area (Å²) < 4.78 is 26.3. The summed E-state index contributed by atoms with van der Waals surface area (Å²) >= 11 is 0. The van der Waals surface area contributed by atoms with E-state index in [9.17, 15) is 14.3 Å². The lowest BCUT2D eigenvalue weighted by atomic mass is 9.84. The molecule has 3 saturated heterocycles. The van der Waals surface area contributed by atoms with Crippen molar-refractivity contribution in [2.24, 2.45) is 11.3 Å². The van der Waals surface area contributed by atoms with E-state index in [1.807, 2.05) is 18.7 Å². The Hall–Kier alpha value is -1.74. The van der Waals surface area contributed by atoms with Gasteiger partial charge in [-0.1, -0.05) is 40.0 Å². The van der Waals surface area contributed by atoms with Crippen molar-refractivity contribution in [2.75, 3.05) is 40.0 Å². The number of carbonyl (C=O) groups is 1. The fourth-order valence-corrected chi connectivity index (χ4v) is 6.98. The van der Waals surface area contributed by atoms with Crippen LogP contribution in [0.15, 0.2) is 12.1 Å². The van der Waals surface area contributed by atoms with Crippen LogP contribution in [0.25, 0.3) is 0 Å². The standard InChI is InChI=1S/C32H52FN3O4/c1-22(2)24-18-26(29(39-4)27(33)19-24)28(31(37)38)36-16-14-32(3,20-36)21-40-17-8-6-5-7-11-25-13-12-23-10-9-15-34-30(23)35-25/h18-19,22-23,25,28,30,34-35H,5-17,20-21H2,1-4H3,(H,37,38)/t23?,25-,28?,30?,32?/m0/s1. The van der Waals surface area contributed by atoms with Crippen LogP contribution in [0, 0.1) is 17.2 Å². The molecule has 0 spiro atoms. The number of nitrogens with one attached hydrogen (secondary N) is 2. The summed E-state index contributed by atoms with van der Waals surface area (Å²) in [5, 5.41) is 17.7. The SMILES string of the molecule is COc1c(F)cc(C(C)C)cc1C(C(=O)O)N1CCC(C)(COCCCCCC[C@H]2CCC3CCCNC3N2)C1. The number of likely N-dealkylation sites (tertiary alicyclic amines) is 1. The number of aliphatic carboxylic acids is 1. The zero-order valence-electron chi connectivity index (χ0n) is 25.1. The molecule has 3 N–H and O–H groups in total. The third-order valence-corrected chi connectivity index (χ3v) is 9.38. The molecule has 7 nitrogen and oxygen atoms in total. The number of piperidine rings is 2. The number of nitrogens with zero attached hydrogens (tertiary/aromatic N) is 1. The first-order valence-corrected chi connectivity index (χ1v) is 15.6. The zero-order chi connectivity index (χ0) is 28.7. The van der Waals surface area contributed by atoms with Gasteiger partial charge in [0, 0.05) is 30.2 Å². The Morgan fingerprint density at radius 1 is 1.20 bits per heavy atom. The summed E-state index contributed by atoms with van der Waals surface area (Å²) in [6.45, 7) is 9.82. The molecule has 3 aliphatic rings. The number of hydrogen-bond donors (Lipinski definition) is 3. The smallest absolute Gasteiger partial charge is 0.325 e. The van der Waals surface area contributed by atoms with Gasteiger partial charge in [-0.2, -0.15) is 0 Å². The number of hydrogen-bond acceptors (Lipinski definition) is 6. The average Bonchev–Trinajstić information content (AvgIpc) is 3.30. The Morgan fingerprint density at radius 2 is 2.00 bits per heavy atom. The number of carboxylic acid groups (broad SMARTS) is 1. The van der Waals surface area contributed by atoms with Crippen LogP contribution in [0.5, 0.6) is 5.75 Å². The van der Waals surface area contributed by atoms with Gasteiger partial charge in [0.15, 0.2) is 11.6 Å². The normalized spacial score (nSPS) is 28.0. The van der Waals surface area contributed by atoms with E-state index in [2.05, 4.69) is 17.6 Å². The van der Waals surface area contributed by atoms with E-state index in [1.165, 1.54) is 64.5 Å². The second-order valence-electron chi connectivity index (χ2n) is 13.1. The van der Waals surface area contributed by atoms with Crippen molar-refractivity contribution < 1.29 is 23.8 Å². The Balaban J connectivity index is 1.18. The molecule has 8 heteroatoms. The fourth-order valence-electron chi connectivity index (χ4n) is 6.98. The van der Waals surface area contributed by atoms with Gasteiger partial charge < -0.3 is 19.9 Å². The number of carboxylic acids is 1. The molecule has 226 valence electrons. The second kappa shape index (κ2) is 14.4. The molecule has 3 aliphatic heterocycles. The Labute approximate surface area is 240 Å². The van der Waals surface area contributed by atoms with E-state index in [0.29, 0.717) is 37.5 Å². The number of rotatable bonds is 14. The Bertz CT molecular complexity index is 976. The molecule has 4 rings (SSSR count). The maximum atomic E-state index is 14.8. The average molecular weight is 562 g/mol. The number of unbranched alkanes of at least 4 members (excludes halogenated alkanes) is 3. The molecular weight excluding hydrogens is 509 g/mol. The van der Waals surface area contributed by atoms with E-state index in [4.69, 9.17) is 9.47 Å². The van der Waals surface area contributed by atoms with Crippen molar-refractivity contribution in [3.63, 3.8) is 0 Å². The highest BCUT2D eigenvalue weighted by Gasteiger charge is 2.41. The molecule has 1 aromatic rings. The highest BCUT2D eigenvalue weighted by Crippen LogP contribution is 2.40. The van der Waals surface area contributed by atoms with Gasteiger partial charge in [0.05, 0.1) is 19.9 Å². The van der Waals surface area contributed by atoms with Crippen molar-refractivity contribution in [1.29, 1.82) is 0 Å². The number of halogens is 1. The molecule has 3 heterocycles. The van der Waals surface area contributed by atoms with Gasteiger partial charge >= 0.3 is 5.97 Å². The van der Waals surface area contributed by atoms with Crippen molar-refractivity contribution >= 4 is 5.97 Å². The largest absolute Gasteiger partial charge is 0.493 e. The van der Waals surface area contributed by atoms with E-state index in [-0.39, 0.29) is 17.1 Å². The van der Waals surface area contributed by atoms with E-state index < -0.39 is 17.8 Å². The van der Waals surface area contributed by atoms with Crippen LogP contribution in [-0.2, 0) is 9.53 Å². The number of benzene rings is 1.